The van der Waals surface area contributed by atoms with Crippen LogP contribution in [0.2, 0.25) is 0 Å². The van der Waals surface area contributed by atoms with Crippen molar-refractivity contribution in [3.8, 4) is 0 Å². The molecule has 0 unspecified atom stereocenters. The summed E-state index contributed by atoms with van der Waals surface area (Å²) in [6.07, 6.45) is 1.49. The highest BCUT2D eigenvalue weighted by atomic mass is 16.6. The summed E-state index contributed by atoms with van der Waals surface area (Å²) in [7, 11) is 1.67. The molecule has 0 aliphatic carbocycles. The molecule has 1 aromatic carbocycles. The van der Waals surface area contributed by atoms with Crippen LogP contribution in [-0.2, 0) is 6.54 Å². The number of nitro benzene ring substituents is 1. The van der Waals surface area contributed by atoms with Crippen molar-refractivity contribution in [1.29, 1.82) is 0 Å². The maximum Gasteiger partial charge on any atom is 0.282 e. The zero-order valence-corrected chi connectivity index (χ0v) is 10.8. The molecule has 2 aromatic rings. The molecule has 1 amide bonds. The van der Waals surface area contributed by atoms with E-state index in [0.29, 0.717) is 11.4 Å². The third-order valence-electron chi connectivity index (χ3n) is 2.73. The lowest BCUT2D eigenvalue weighted by molar-refractivity contribution is -0.385. The minimum atomic E-state index is -0.582. The average molecular weight is 275 g/mol. The van der Waals surface area contributed by atoms with Crippen LogP contribution >= 0.6 is 0 Å². The second-order valence-corrected chi connectivity index (χ2v) is 4.00. The number of nitrogens with one attached hydrogen (secondary N) is 2. The molecule has 0 spiro atoms. The van der Waals surface area contributed by atoms with Gasteiger partial charge in [-0.25, -0.2) is 0 Å². The van der Waals surface area contributed by atoms with Crippen molar-refractivity contribution in [2.75, 3.05) is 12.4 Å². The SMILES string of the molecule is CNc1ccc([N+](=O)[O-])c(C(=O)NCc2ccco2)c1. The van der Waals surface area contributed by atoms with Gasteiger partial charge in [-0.15, -0.1) is 0 Å². The number of nitro groups is 1. The lowest BCUT2D eigenvalue weighted by Gasteiger charge is -2.06. The van der Waals surface area contributed by atoms with Crippen LogP contribution in [0.1, 0.15) is 16.1 Å². The monoisotopic (exact) mass is 275 g/mol. The highest BCUT2D eigenvalue weighted by Gasteiger charge is 2.20. The highest BCUT2D eigenvalue weighted by molar-refractivity contribution is 5.99. The van der Waals surface area contributed by atoms with Crippen LogP contribution in [0.25, 0.3) is 0 Å². The van der Waals surface area contributed by atoms with E-state index >= 15 is 0 Å². The molecule has 7 heteroatoms. The van der Waals surface area contributed by atoms with Crippen molar-refractivity contribution in [3.63, 3.8) is 0 Å². The molecule has 2 N–H and O–H groups in total. The molecular weight excluding hydrogens is 262 g/mol. The molecule has 0 fully saturated rings. The third-order valence-corrected chi connectivity index (χ3v) is 2.73. The van der Waals surface area contributed by atoms with Crippen LogP contribution < -0.4 is 10.6 Å². The van der Waals surface area contributed by atoms with Crippen LogP contribution in [-0.4, -0.2) is 17.9 Å². The molecule has 7 nitrogen and oxygen atoms in total. The molecule has 0 saturated carbocycles. The summed E-state index contributed by atoms with van der Waals surface area (Å²) in [6.45, 7) is 0.173. The van der Waals surface area contributed by atoms with Crippen molar-refractivity contribution in [2.24, 2.45) is 0 Å². The number of carbonyl (C=O) groups excluding carboxylic acids is 1. The van der Waals surface area contributed by atoms with Crippen molar-refractivity contribution in [1.82, 2.24) is 5.32 Å². The van der Waals surface area contributed by atoms with E-state index in [1.165, 1.54) is 18.4 Å². The minimum absolute atomic E-state index is 0.00778. The van der Waals surface area contributed by atoms with Gasteiger partial charge in [-0.2, -0.15) is 0 Å². The molecule has 0 radical (unpaired) electrons. The Morgan fingerprint density at radius 1 is 1.40 bits per heavy atom. The fraction of sp³-hybridized carbons (Fsp3) is 0.154. The Balaban J connectivity index is 2.20. The van der Waals surface area contributed by atoms with E-state index in [1.54, 1.807) is 25.2 Å². The van der Waals surface area contributed by atoms with E-state index in [4.69, 9.17) is 4.42 Å². The van der Waals surface area contributed by atoms with Crippen molar-refractivity contribution in [2.45, 2.75) is 6.54 Å². The topological polar surface area (TPSA) is 97.4 Å². The average Bonchev–Trinajstić information content (AvgIpc) is 2.97. The maximum atomic E-state index is 12.0. The molecule has 0 bridgehead atoms. The van der Waals surface area contributed by atoms with Gasteiger partial charge in [-0.3, -0.25) is 14.9 Å². The first-order valence-corrected chi connectivity index (χ1v) is 5.88. The zero-order valence-electron chi connectivity index (χ0n) is 10.8. The summed E-state index contributed by atoms with van der Waals surface area (Å²) in [4.78, 5) is 22.4. The Labute approximate surface area is 114 Å². The quantitative estimate of drug-likeness (QED) is 0.643. The van der Waals surface area contributed by atoms with E-state index in [0.717, 1.165) is 0 Å². The molecule has 0 aliphatic rings. The first-order valence-electron chi connectivity index (χ1n) is 5.88. The van der Waals surface area contributed by atoms with E-state index in [2.05, 4.69) is 10.6 Å². The van der Waals surface area contributed by atoms with Gasteiger partial charge in [0, 0.05) is 18.8 Å². The Bertz CT molecular complexity index is 623. The van der Waals surface area contributed by atoms with Gasteiger partial charge in [0.25, 0.3) is 11.6 Å². The summed E-state index contributed by atoms with van der Waals surface area (Å²) in [5.41, 5.74) is 0.396. The van der Waals surface area contributed by atoms with Crippen molar-refractivity contribution >= 4 is 17.3 Å². The van der Waals surface area contributed by atoms with E-state index in [-0.39, 0.29) is 17.8 Å². The Hall–Kier alpha value is -2.83. The molecule has 0 saturated heterocycles. The normalized spacial score (nSPS) is 10.1. The zero-order chi connectivity index (χ0) is 14.5. The predicted octanol–water partition coefficient (Wildman–Crippen LogP) is 2.16. The van der Waals surface area contributed by atoms with Gasteiger partial charge in [0.05, 0.1) is 17.7 Å². The highest BCUT2D eigenvalue weighted by Crippen LogP contribution is 2.22. The van der Waals surface area contributed by atoms with E-state index in [1.807, 2.05) is 0 Å². The van der Waals surface area contributed by atoms with Crippen LogP contribution in [0.15, 0.2) is 41.0 Å². The van der Waals surface area contributed by atoms with Gasteiger partial charge >= 0.3 is 0 Å². The number of amides is 1. The molecule has 104 valence electrons. The molecule has 0 atom stereocenters. The summed E-state index contributed by atoms with van der Waals surface area (Å²) in [5, 5.41) is 16.4. The summed E-state index contributed by atoms with van der Waals surface area (Å²) >= 11 is 0. The van der Waals surface area contributed by atoms with Gasteiger partial charge in [0.1, 0.15) is 11.3 Å². The molecule has 1 aromatic heterocycles. The summed E-state index contributed by atoms with van der Waals surface area (Å²) < 4.78 is 5.08. The minimum Gasteiger partial charge on any atom is -0.467 e. The van der Waals surface area contributed by atoms with Crippen molar-refractivity contribution in [3.05, 3.63) is 58.0 Å². The predicted molar refractivity (Wildman–Crippen MR) is 72.5 cm³/mol. The lowest BCUT2D eigenvalue weighted by Crippen LogP contribution is -2.23. The van der Waals surface area contributed by atoms with Crippen LogP contribution in [0.5, 0.6) is 0 Å². The second kappa shape index (κ2) is 5.87. The van der Waals surface area contributed by atoms with Gasteiger partial charge in [-0.05, 0) is 24.3 Å². The number of hydrogen-bond donors (Lipinski definition) is 2. The van der Waals surface area contributed by atoms with Gasteiger partial charge < -0.3 is 15.1 Å². The van der Waals surface area contributed by atoms with Crippen LogP contribution in [0, 0.1) is 10.1 Å². The van der Waals surface area contributed by atoms with E-state index < -0.39 is 10.8 Å². The standard InChI is InChI=1S/C13H13N3O4/c1-14-9-4-5-12(16(18)19)11(7-9)13(17)15-8-10-3-2-6-20-10/h2-7,14H,8H2,1H3,(H,15,17). The molecule has 1 heterocycles. The van der Waals surface area contributed by atoms with Crippen LogP contribution in [0.4, 0.5) is 11.4 Å². The Kier molecular flexibility index (Phi) is 3.99. The molecule has 20 heavy (non-hydrogen) atoms. The fourth-order valence-electron chi connectivity index (χ4n) is 1.71. The number of benzene rings is 1. The number of anilines is 1. The van der Waals surface area contributed by atoms with Gasteiger partial charge in [0.2, 0.25) is 0 Å². The number of furan rings is 1. The smallest absolute Gasteiger partial charge is 0.282 e. The summed E-state index contributed by atoms with van der Waals surface area (Å²) in [5.74, 6) is 0.0518. The Morgan fingerprint density at radius 3 is 2.80 bits per heavy atom. The second-order valence-electron chi connectivity index (χ2n) is 4.00. The van der Waals surface area contributed by atoms with E-state index in [9.17, 15) is 14.9 Å². The maximum absolute atomic E-state index is 12.0. The largest absolute Gasteiger partial charge is 0.467 e. The van der Waals surface area contributed by atoms with Gasteiger partial charge in [0.15, 0.2) is 0 Å². The Morgan fingerprint density at radius 2 is 2.20 bits per heavy atom. The summed E-state index contributed by atoms with van der Waals surface area (Å²) in [6, 6.07) is 7.69. The third kappa shape index (κ3) is 2.94. The first kappa shape index (κ1) is 13.6. The molecular formula is C13H13N3O4. The molecule has 0 aliphatic heterocycles. The lowest BCUT2D eigenvalue weighted by atomic mass is 10.1. The fourth-order valence-corrected chi connectivity index (χ4v) is 1.71. The first-order chi connectivity index (χ1) is 9.61. The van der Waals surface area contributed by atoms with Gasteiger partial charge in [-0.1, -0.05) is 0 Å². The molecule has 2 rings (SSSR count). The number of rotatable bonds is 5. The van der Waals surface area contributed by atoms with Crippen molar-refractivity contribution < 1.29 is 14.1 Å². The number of nitrogens with zero attached hydrogens (tertiary/aromatic N) is 1. The van der Waals surface area contributed by atoms with Crippen LogP contribution in [0.3, 0.4) is 0 Å². The number of carbonyl (C=O) groups is 1. The number of hydrogen-bond acceptors (Lipinski definition) is 5.